The third-order valence-electron chi connectivity index (χ3n) is 3.62. The van der Waals surface area contributed by atoms with Crippen molar-refractivity contribution in [2.75, 3.05) is 5.32 Å². The van der Waals surface area contributed by atoms with Gasteiger partial charge in [0, 0.05) is 28.2 Å². The van der Waals surface area contributed by atoms with E-state index in [4.69, 9.17) is 0 Å². The summed E-state index contributed by atoms with van der Waals surface area (Å²) >= 11 is 0. The van der Waals surface area contributed by atoms with Gasteiger partial charge in [0.05, 0.1) is 11.9 Å². The highest BCUT2D eigenvalue weighted by Gasteiger charge is 2.25. The van der Waals surface area contributed by atoms with Gasteiger partial charge in [0.15, 0.2) is 5.71 Å². The Balaban J connectivity index is 1.68. The fraction of sp³-hybridized carbons (Fsp3) is 0. The summed E-state index contributed by atoms with van der Waals surface area (Å²) in [5, 5.41) is 12.0. The maximum Gasteiger partial charge on any atom is 0.276 e. The molecule has 2 N–H and O–H groups in total. The van der Waals surface area contributed by atoms with Crippen LogP contribution in [-0.4, -0.2) is 22.8 Å². The van der Waals surface area contributed by atoms with Crippen molar-refractivity contribution in [3.63, 3.8) is 0 Å². The van der Waals surface area contributed by atoms with E-state index in [0.29, 0.717) is 5.71 Å². The zero-order chi connectivity index (χ0) is 14.9. The van der Waals surface area contributed by atoms with E-state index in [2.05, 4.69) is 20.5 Å². The van der Waals surface area contributed by atoms with Crippen LogP contribution >= 0.6 is 0 Å². The highest BCUT2D eigenvalue weighted by atomic mass is 16.2. The summed E-state index contributed by atoms with van der Waals surface area (Å²) in [5.74, 6) is -0.225. The molecule has 106 valence electrons. The number of H-pyrrole nitrogens is 1. The van der Waals surface area contributed by atoms with Gasteiger partial charge in [-0.05, 0) is 12.1 Å². The Labute approximate surface area is 126 Å². The number of hydrogen-bond donors (Lipinski definition) is 2. The molecule has 0 spiro atoms. The number of carbonyl (C=O) groups is 1. The van der Waals surface area contributed by atoms with Gasteiger partial charge in [-0.3, -0.25) is 4.79 Å². The Hall–Kier alpha value is -3.21. The molecule has 0 unspecified atom stereocenters. The highest BCUT2D eigenvalue weighted by molar-refractivity contribution is 6.53. The first-order chi connectivity index (χ1) is 10.8. The van der Waals surface area contributed by atoms with Gasteiger partial charge in [0.25, 0.3) is 5.91 Å². The van der Waals surface area contributed by atoms with Crippen molar-refractivity contribution in [2.45, 2.75) is 0 Å². The molecule has 0 saturated heterocycles. The van der Waals surface area contributed by atoms with Crippen LogP contribution in [0.5, 0.6) is 0 Å². The standard InChI is InChI=1S/C17H12N4O/c22-17-16(13-6-2-4-8-15(13)20-17)21-19-10-11-9-18-14-7-3-1-5-12(11)14/h1-10,18H,(H,20,21,22). The Morgan fingerprint density at radius 2 is 1.82 bits per heavy atom. The number of carbonyl (C=O) groups excluding carboxylic acids is 1. The van der Waals surface area contributed by atoms with Crippen LogP contribution in [0.15, 0.2) is 64.9 Å². The topological polar surface area (TPSA) is 69.6 Å². The molecule has 22 heavy (non-hydrogen) atoms. The fourth-order valence-electron chi connectivity index (χ4n) is 2.55. The normalized spacial score (nSPS) is 15.6. The molecule has 0 saturated carbocycles. The van der Waals surface area contributed by atoms with E-state index in [9.17, 15) is 4.79 Å². The maximum atomic E-state index is 11.9. The van der Waals surface area contributed by atoms with Crippen molar-refractivity contribution >= 4 is 34.4 Å². The van der Waals surface area contributed by atoms with Gasteiger partial charge in [-0.1, -0.05) is 36.4 Å². The Bertz CT molecular complexity index is 936. The molecular weight excluding hydrogens is 276 g/mol. The minimum absolute atomic E-state index is 0.225. The first-order valence-electron chi connectivity index (χ1n) is 6.91. The summed E-state index contributed by atoms with van der Waals surface area (Å²) in [7, 11) is 0. The number of anilines is 1. The van der Waals surface area contributed by atoms with Crippen molar-refractivity contribution in [1.82, 2.24) is 4.98 Å². The molecule has 1 amide bonds. The number of para-hydroxylation sites is 2. The molecule has 2 heterocycles. The second kappa shape index (κ2) is 4.96. The third kappa shape index (κ3) is 2.00. The summed E-state index contributed by atoms with van der Waals surface area (Å²) in [6.45, 7) is 0. The number of aromatic nitrogens is 1. The van der Waals surface area contributed by atoms with Crippen LogP contribution in [-0.2, 0) is 4.79 Å². The smallest absolute Gasteiger partial charge is 0.276 e. The molecule has 5 nitrogen and oxygen atoms in total. The maximum absolute atomic E-state index is 11.9. The summed E-state index contributed by atoms with van der Waals surface area (Å²) in [6, 6.07) is 15.4. The Kier molecular flexibility index (Phi) is 2.83. The summed E-state index contributed by atoms with van der Waals surface area (Å²) in [4.78, 5) is 15.1. The lowest BCUT2D eigenvalue weighted by Gasteiger charge is -1.93. The molecule has 1 aliphatic rings. The van der Waals surface area contributed by atoms with Gasteiger partial charge in [0.2, 0.25) is 0 Å². The van der Waals surface area contributed by atoms with Crippen LogP contribution in [0, 0.1) is 0 Å². The quantitative estimate of drug-likeness (QED) is 0.552. The van der Waals surface area contributed by atoms with Gasteiger partial charge in [0.1, 0.15) is 0 Å². The Morgan fingerprint density at radius 1 is 1.00 bits per heavy atom. The van der Waals surface area contributed by atoms with Crippen molar-refractivity contribution in [2.24, 2.45) is 10.2 Å². The fourth-order valence-corrected chi connectivity index (χ4v) is 2.55. The summed E-state index contributed by atoms with van der Waals surface area (Å²) < 4.78 is 0. The molecule has 5 heteroatoms. The average Bonchev–Trinajstić information content (AvgIpc) is 3.09. The lowest BCUT2D eigenvalue weighted by Crippen LogP contribution is -2.13. The van der Waals surface area contributed by atoms with Gasteiger partial charge in [-0.15, -0.1) is 5.10 Å². The lowest BCUT2D eigenvalue weighted by molar-refractivity contribution is -0.110. The number of aromatic amines is 1. The van der Waals surface area contributed by atoms with Crippen LogP contribution < -0.4 is 5.32 Å². The molecule has 4 rings (SSSR count). The van der Waals surface area contributed by atoms with E-state index in [1.165, 1.54) is 0 Å². The van der Waals surface area contributed by atoms with E-state index >= 15 is 0 Å². The SMILES string of the molecule is O=C1Nc2ccccc2/C1=N/N=Cc1c[nH]c2ccccc12. The number of rotatable bonds is 2. The van der Waals surface area contributed by atoms with Crippen LogP contribution in [0.4, 0.5) is 5.69 Å². The summed E-state index contributed by atoms with van der Waals surface area (Å²) in [5.41, 5.74) is 3.87. The monoisotopic (exact) mass is 288 g/mol. The summed E-state index contributed by atoms with van der Waals surface area (Å²) in [6.07, 6.45) is 3.52. The number of fused-ring (bicyclic) bond motifs is 2. The zero-order valence-corrected chi connectivity index (χ0v) is 11.6. The number of amides is 1. The minimum atomic E-state index is -0.225. The van der Waals surface area contributed by atoms with E-state index in [1.54, 1.807) is 6.21 Å². The van der Waals surface area contributed by atoms with Crippen LogP contribution in [0.1, 0.15) is 11.1 Å². The van der Waals surface area contributed by atoms with Crippen LogP contribution in [0.2, 0.25) is 0 Å². The van der Waals surface area contributed by atoms with Crippen molar-refractivity contribution in [3.8, 4) is 0 Å². The van der Waals surface area contributed by atoms with Gasteiger partial charge < -0.3 is 10.3 Å². The number of benzene rings is 2. The van der Waals surface area contributed by atoms with E-state index < -0.39 is 0 Å². The molecule has 0 radical (unpaired) electrons. The van der Waals surface area contributed by atoms with Gasteiger partial charge in [-0.25, -0.2) is 0 Å². The minimum Gasteiger partial charge on any atom is -0.361 e. The molecule has 1 aliphatic heterocycles. The van der Waals surface area contributed by atoms with Crippen molar-refractivity contribution < 1.29 is 4.79 Å². The number of hydrogen-bond acceptors (Lipinski definition) is 3. The average molecular weight is 288 g/mol. The molecule has 0 atom stereocenters. The second-order valence-corrected chi connectivity index (χ2v) is 4.98. The highest BCUT2D eigenvalue weighted by Crippen LogP contribution is 2.22. The first-order valence-corrected chi connectivity index (χ1v) is 6.91. The lowest BCUT2D eigenvalue weighted by atomic mass is 10.1. The largest absolute Gasteiger partial charge is 0.361 e. The van der Waals surface area contributed by atoms with Gasteiger partial charge in [-0.2, -0.15) is 5.10 Å². The van der Waals surface area contributed by atoms with Crippen molar-refractivity contribution in [3.05, 3.63) is 65.9 Å². The number of nitrogens with zero attached hydrogens (tertiary/aromatic N) is 2. The van der Waals surface area contributed by atoms with Crippen LogP contribution in [0.3, 0.4) is 0 Å². The van der Waals surface area contributed by atoms with Gasteiger partial charge >= 0.3 is 0 Å². The molecule has 0 fully saturated rings. The molecule has 3 aromatic rings. The zero-order valence-electron chi connectivity index (χ0n) is 11.6. The third-order valence-corrected chi connectivity index (χ3v) is 3.62. The predicted octanol–water partition coefficient (Wildman–Crippen LogP) is 2.94. The van der Waals surface area contributed by atoms with E-state index in [-0.39, 0.29) is 5.91 Å². The molecule has 0 aliphatic carbocycles. The molecule has 2 aromatic carbocycles. The van der Waals surface area contributed by atoms with E-state index in [1.807, 2.05) is 54.7 Å². The molecule has 0 bridgehead atoms. The number of nitrogens with one attached hydrogen (secondary N) is 2. The molecule has 1 aromatic heterocycles. The first kappa shape index (κ1) is 12.5. The molecular formula is C17H12N4O. The Morgan fingerprint density at radius 3 is 2.77 bits per heavy atom. The van der Waals surface area contributed by atoms with E-state index in [0.717, 1.165) is 27.7 Å². The predicted molar refractivity (Wildman–Crippen MR) is 87.5 cm³/mol. The van der Waals surface area contributed by atoms with Crippen molar-refractivity contribution in [1.29, 1.82) is 0 Å². The van der Waals surface area contributed by atoms with Crippen LogP contribution in [0.25, 0.3) is 10.9 Å². The second-order valence-electron chi connectivity index (χ2n) is 4.98.